The average Bonchev–Trinajstić information content (AvgIpc) is 2.30. The van der Waals surface area contributed by atoms with Crippen LogP contribution >= 0.6 is 0 Å². The zero-order valence-electron chi connectivity index (χ0n) is 10.0. The van der Waals surface area contributed by atoms with Crippen LogP contribution in [0, 0.1) is 0 Å². The summed E-state index contributed by atoms with van der Waals surface area (Å²) in [5.41, 5.74) is 0.260. The highest BCUT2D eigenvalue weighted by molar-refractivity contribution is 5.88. The predicted molar refractivity (Wildman–Crippen MR) is 63.6 cm³/mol. The van der Waals surface area contributed by atoms with Crippen LogP contribution in [0.5, 0.6) is 5.75 Å². The Morgan fingerprint density at radius 2 is 2.00 bits per heavy atom. The third-order valence-electron chi connectivity index (χ3n) is 1.93. The van der Waals surface area contributed by atoms with Crippen molar-refractivity contribution in [3.05, 3.63) is 42.5 Å². The first-order valence-electron chi connectivity index (χ1n) is 5.23. The van der Waals surface area contributed by atoms with E-state index in [4.69, 9.17) is 14.2 Å². The van der Waals surface area contributed by atoms with Crippen molar-refractivity contribution in [2.24, 2.45) is 0 Å². The lowest BCUT2D eigenvalue weighted by Crippen LogP contribution is -2.22. The summed E-state index contributed by atoms with van der Waals surface area (Å²) in [7, 11) is 1.49. The molecule has 0 N–H and O–H groups in total. The Balaban J connectivity index is 2.42. The Hall–Kier alpha value is -1.81. The molecule has 0 saturated heterocycles. The highest BCUT2D eigenvalue weighted by atomic mass is 16.7. The first-order chi connectivity index (χ1) is 8.13. The second kappa shape index (κ2) is 6.70. The summed E-state index contributed by atoms with van der Waals surface area (Å²) in [5, 5.41) is 0. The lowest BCUT2D eigenvalue weighted by Gasteiger charge is -2.15. The Morgan fingerprint density at radius 3 is 2.59 bits per heavy atom. The molecule has 1 atom stereocenters. The van der Waals surface area contributed by atoms with Crippen LogP contribution in [0.4, 0.5) is 0 Å². The molecule has 0 bridgehead atoms. The summed E-state index contributed by atoms with van der Waals surface area (Å²) in [4.78, 5) is 11.5. The van der Waals surface area contributed by atoms with Gasteiger partial charge in [0.2, 0.25) is 6.29 Å². The molecule has 0 fully saturated rings. The third-order valence-corrected chi connectivity index (χ3v) is 1.93. The molecule has 92 valence electrons. The smallest absolute Gasteiger partial charge is 0.338 e. The van der Waals surface area contributed by atoms with E-state index < -0.39 is 12.3 Å². The largest absolute Gasteiger partial charge is 0.455 e. The van der Waals surface area contributed by atoms with Crippen LogP contribution in [-0.4, -0.2) is 26.0 Å². The molecular formula is C13H16O4. The summed E-state index contributed by atoms with van der Waals surface area (Å²) in [6.07, 6.45) is -0.668. The first kappa shape index (κ1) is 13.3. The van der Waals surface area contributed by atoms with Gasteiger partial charge in [-0.15, -0.1) is 0 Å². The Morgan fingerprint density at radius 1 is 1.35 bits per heavy atom. The van der Waals surface area contributed by atoms with Gasteiger partial charge in [-0.1, -0.05) is 24.8 Å². The van der Waals surface area contributed by atoms with Crippen molar-refractivity contribution < 1.29 is 19.0 Å². The SMILES string of the molecule is C=C(COC)C(=O)OC(C)Oc1ccccc1. The summed E-state index contributed by atoms with van der Waals surface area (Å²) < 4.78 is 15.2. The van der Waals surface area contributed by atoms with Crippen molar-refractivity contribution in [3.63, 3.8) is 0 Å². The summed E-state index contributed by atoms with van der Waals surface area (Å²) in [5.74, 6) is 0.125. The highest BCUT2D eigenvalue weighted by Gasteiger charge is 2.13. The van der Waals surface area contributed by atoms with E-state index in [1.165, 1.54) is 7.11 Å². The van der Waals surface area contributed by atoms with Crippen LogP contribution in [0.25, 0.3) is 0 Å². The molecule has 0 aliphatic carbocycles. The van der Waals surface area contributed by atoms with Crippen LogP contribution in [0.1, 0.15) is 6.92 Å². The molecule has 1 aromatic rings. The summed E-state index contributed by atoms with van der Waals surface area (Å²) in [6.45, 7) is 5.34. The van der Waals surface area contributed by atoms with Gasteiger partial charge < -0.3 is 14.2 Å². The molecule has 0 aliphatic rings. The van der Waals surface area contributed by atoms with Gasteiger partial charge in [-0.05, 0) is 12.1 Å². The van der Waals surface area contributed by atoms with Crippen LogP contribution in [0.3, 0.4) is 0 Å². The molecule has 17 heavy (non-hydrogen) atoms. The molecule has 0 saturated carbocycles. The Bertz CT molecular complexity index is 372. The molecule has 0 spiro atoms. The summed E-state index contributed by atoms with van der Waals surface area (Å²) >= 11 is 0. The fraction of sp³-hybridized carbons (Fsp3) is 0.308. The maximum Gasteiger partial charge on any atom is 0.338 e. The first-order valence-corrected chi connectivity index (χ1v) is 5.23. The maximum absolute atomic E-state index is 11.5. The molecule has 1 aromatic carbocycles. The number of benzene rings is 1. The van der Waals surface area contributed by atoms with Gasteiger partial charge in [-0.25, -0.2) is 4.79 Å². The second-order valence-corrected chi connectivity index (χ2v) is 3.44. The molecule has 1 rings (SSSR count). The monoisotopic (exact) mass is 236 g/mol. The standard InChI is InChI=1S/C13H16O4/c1-10(9-15-3)13(14)17-11(2)16-12-7-5-4-6-8-12/h4-8,11H,1,9H2,2-3H3. The van der Waals surface area contributed by atoms with Gasteiger partial charge in [0.05, 0.1) is 12.2 Å². The van der Waals surface area contributed by atoms with Crippen LogP contribution < -0.4 is 4.74 Å². The molecule has 4 heteroatoms. The molecule has 1 unspecified atom stereocenters. The van der Waals surface area contributed by atoms with Crippen molar-refractivity contribution in [1.29, 1.82) is 0 Å². The molecule has 0 radical (unpaired) electrons. The fourth-order valence-corrected chi connectivity index (χ4v) is 1.18. The fourth-order valence-electron chi connectivity index (χ4n) is 1.18. The van der Waals surface area contributed by atoms with Gasteiger partial charge in [-0.2, -0.15) is 0 Å². The molecule has 0 heterocycles. The number of rotatable bonds is 6. The van der Waals surface area contributed by atoms with Crippen molar-refractivity contribution >= 4 is 5.97 Å². The zero-order valence-corrected chi connectivity index (χ0v) is 10.0. The van der Waals surface area contributed by atoms with E-state index in [2.05, 4.69) is 6.58 Å². The normalized spacial score (nSPS) is 11.6. The zero-order chi connectivity index (χ0) is 12.7. The molecule has 0 amide bonds. The van der Waals surface area contributed by atoms with E-state index in [0.29, 0.717) is 5.75 Å². The van der Waals surface area contributed by atoms with E-state index in [9.17, 15) is 4.79 Å². The lowest BCUT2D eigenvalue weighted by atomic mass is 10.3. The number of hydrogen-bond donors (Lipinski definition) is 0. The summed E-state index contributed by atoms with van der Waals surface area (Å²) in [6, 6.07) is 9.13. The minimum atomic E-state index is -0.668. The van der Waals surface area contributed by atoms with E-state index in [0.717, 1.165) is 0 Å². The number of para-hydroxylation sites is 1. The van der Waals surface area contributed by atoms with E-state index in [-0.39, 0.29) is 12.2 Å². The van der Waals surface area contributed by atoms with Gasteiger partial charge in [0.25, 0.3) is 0 Å². The second-order valence-electron chi connectivity index (χ2n) is 3.44. The van der Waals surface area contributed by atoms with E-state index in [1.54, 1.807) is 19.1 Å². The number of esters is 1. The van der Waals surface area contributed by atoms with Crippen LogP contribution in [0.2, 0.25) is 0 Å². The van der Waals surface area contributed by atoms with Gasteiger partial charge in [0.15, 0.2) is 0 Å². The third kappa shape index (κ3) is 4.70. The van der Waals surface area contributed by atoms with Gasteiger partial charge in [0.1, 0.15) is 5.75 Å². The van der Waals surface area contributed by atoms with E-state index >= 15 is 0 Å². The number of carbonyl (C=O) groups is 1. The van der Waals surface area contributed by atoms with Gasteiger partial charge in [0, 0.05) is 14.0 Å². The van der Waals surface area contributed by atoms with Crippen molar-refractivity contribution in [1.82, 2.24) is 0 Å². The number of carbonyl (C=O) groups excluding carboxylic acids is 1. The lowest BCUT2D eigenvalue weighted by molar-refractivity contribution is -0.156. The van der Waals surface area contributed by atoms with Crippen molar-refractivity contribution in [3.8, 4) is 5.75 Å². The van der Waals surface area contributed by atoms with Crippen LogP contribution in [0.15, 0.2) is 42.5 Å². The quantitative estimate of drug-likeness (QED) is 0.431. The van der Waals surface area contributed by atoms with Crippen molar-refractivity contribution in [2.75, 3.05) is 13.7 Å². The van der Waals surface area contributed by atoms with Crippen molar-refractivity contribution in [2.45, 2.75) is 13.2 Å². The molecular weight excluding hydrogens is 220 g/mol. The molecule has 0 aliphatic heterocycles. The minimum Gasteiger partial charge on any atom is -0.455 e. The van der Waals surface area contributed by atoms with Gasteiger partial charge >= 0.3 is 5.97 Å². The molecule has 0 aromatic heterocycles. The van der Waals surface area contributed by atoms with Gasteiger partial charge in [-0.3, -0.25) is 0 Å². The van der Waals surface area contributed by atoms with Crippen LogP contribution in [-0.2, 0) is 14.3 Å². The Labute approximate surface area is 101 Å². The predicted octanol–water partition coefficient (Wildman–Crippen LogP) is 2.16. The topological polar surface area (TPSA) is 44.8 Å². The number of methoxy groups -OCH3 is 1. The number of ether oxygens (including phenoxy) is 3. The Kier molecular flexibility index (Phi) is 5.23. The highest BCUT2D eigenvalue weighted by Crippen LogP contribution is 2.12. The molecule has 4 nitrogen and oxygen atoms in total. The number of hydrogen-bond acceptors (Lipinski definition) is 4. The minimum absolute atomic E-state index is 0.150. The maximum atomic E-state index is 11.5. The van der Waals surface area contributed by atoms with E-state index in [1.807, 2.05) is 18.2 Å². The average molecular weight is 236 g/mol.